The zero-order valence-electron chi connectivity index (χ0n) is 9.43. The molecular weight excluding hydrogens is 168 g/mol. The quantitative estimate of drug-likeness (QED) is 0.661. The monoisotopic (exact) mass is 187 g/mol. The highest BCUT2D eigenvalue weighted by Gasteiger charge is 2.07. The molecule has 0 N–H and O–H groups in total. The van der Waals surface area contributed by atoms with Gasteiger partial charge in [-0.1, -0.05) is 58.0 Å². The summed E-state index contributed by atoms with van der Waals surface area (Å²) in [6.45, 7) is 10.4. The van der Waals surface area contributed by atoms with Gasteiger partial charge in [0.1, 0.15) is 0 Å². The summed E-state index contributed by atoms with van der Waals surface area (Å²) in [7, 11) is 0. The van der Waals surface area contributed by atoms with E-state index in [0.29, 0.717) is 0 Å². The van der Waals surface area contributed by atoms with Crippen LogP contribution in [0.5, 0.6) is 0 Å². The summed E-state index contributed by atoms with van der Waals surface area (Å²) < 4.78 is 0. The molecule has 75 valence electrons. The van der Waals surface area contributed by atoms with Gasteiger partial charge in [0.05, 0.1) is 0 Å². The normalized spacial score (nSPS) is 10.6. The van der Waals surface area contributed by atoms with Crippen molar-refractivity contribution in [3.8, 4) is 0 Å². The number of hydrogen-bond acceptors (Lipinski definition) is 0. The molecule has 1 aromatic carbocycles. The van der Waals surface area contributed by atoms with E-state index in [1.165, 1.54) is 29.0 Å². The summed E-state index contributed by atoms with van der Waals surface area (Å²) in [5.74, 6) is 1.36. The summed E-state index contributed by atoms with van der Waals surface area (Å²) in [5.41, 5.74) is 4.07. The average Bonchev–Trinajstić information content (AvgIpc) is 2.18. The molecule has 0 aliphatic heterocycles. The molecule has 1 rings (SSSR count). The molecule has 0 nitrogen and oxygen atoms in total. The van der Waals surface area contributed by atoms with Crippen molar-refractivity contribution in [3.05, 3.63) is 47.4 Å². The van der Waals surface area contributed by atoms with E-state index in [1.807, 2.05) is 6.08 Å². The highest BCUT2D eigenvalue weighted by molar-refractivity contribution is 5.60. The lowest BCUT2D eigenvalue weighted by Gasteiger charge is -2.13. The fourth-order valence-corrected chi connectivity index (χ4v) is 1.78. The lowest BCUT2D eigenvalue weighted by molar-refractivity contribution is 0.915. The van der Waals surface area contributed by atoms with E-state index in [9.17, 15) is 0 Å². The van der Waals surface area contributed by atoms with E-state index in [2.05, 4.69) is 45.5 Å². The Hall–Kier alpha value is -1.04. The van der Waals surface area contributed by atoms with Crippen LogP contribution in [0, 0.1) is 5.92 Å². The summed E-state index contributed by atoms with van der Waals surface area (Å²) >= 11 is 0. The summed E-state index contributed by atoms with van der Waals surface area (Å²) in [6.07, 6.45) is 4.31. The summed E-state index contributed by atoms with van der Waals surface area (Å²) in [5, 5.41) is 0. The van der Waals surface area contributed by atoms with E-state index >= 15 is 0 Å². The number of benzene rings is 1. The van der Waals surface area contributed by atoms with Gasteiger partial charge in [-0.25, -0.2) is 0 Å². The standard InChI is InChI=1S/C14H19/c1-5-8-12-9-7-10-14(11(3)4)13(12)6-2/h6-7,9-10H,2,5,8H2,1,3-4H3. The molecule has 0 saturated carbocycles. The van der Waals surface area contributed by atoms with Gasteiger partial charge in [-0.3, -0.25) is 0 Å². The van der Waals surface area contributed by atoms with Gasteiger partial charge in [0, 0.05) is 0 Å². The van der Waals surface area contributed by atoms with E-state index in [1.54, 1.807) is 0 Å². The Bertz CT molecular complexity index is 308. The molecule has 0 aromatic heterocycles. The average molecular weight is 187 g/mol. The first kappa shape index (κ1) is 11.0. The minimum Gasteiger partial charge on any atom is -0.0984 e. The third-order valence-corrected chi connectivity index (χ3v) is 2.46. The maximum absolute atomic E-state index is 3.90. The number of hydrogen-bond donors (Lipinski definition) is 0. The molecule has 0 amide bonds. The first-order chi connectivity index (χ1) is 6.70. The zero-order chi connectivity index (χ0) is 10.6. The van der Waals surface area contributed by atoms with Gasteiger partial charge in [-0.05, 0) is 29.0 Å². The second-order valence-electron chi connectivity index (χ2n) is 3.83. The fourth-order valence-electron chi connectivity index (χ4n) is 1.78. The number of rotatable bonds is 4. The van der Waals surface area contributed by atoms with E-state index in [4.69, 9.17) is 0 Å². The summed E-state index contributed by atoms with van der Waals surface area (Å²) in [6, 6.07) is 6.51. The van der Waals surface area contributed by atoms with Gasteiger partial charge in [0.2, 0.25) is 0 Å². The SMILES string of the molecule is C=Cc1c(CCC)cccc1[C](C)C. The Morgan fingerprint density at radius 2 is 2.07 bits per heavy atom. The lowest BCUT2D eigenvalue weighted by atomic mass is 9.92. The first-order valence-corrected chi connectivity index (χ1v) is 5.25. The molecule has 0 heterocycles. The van der Waals surface area contributed by atoms with Gasteiger partial charge in [-0.15, -0.1) is 0 Å². The Morgan fingerprint density at radius 1 is 1.36 bits per heavy atom. The first-order valence-electron chi connectivity index (χ1n) is 5.25. The lowest BCUT2D eigenvalue weighted by Crippen LogP contribution is -1.97. The Kier molecular flexibility index (Phi) is 3.94. The van der Waals surface area contributed by atoms with Crippen LogP contribution in [-0.2, 0) is 6.42 Å². The van der Waals surface area contributed by atoms with Crippen molar-refractivity contribution in [2.75, 3.05) is 0 Å². The highest BCUT2D eigenvalue weighted by Crippen LogP contribution is 2.23. The van der Waals surface area contributed by atoms with Crippen LogP contribution in [-0.4, -0.2) is 0 Å². The van der Waals surface area contributed by atoms with Gasteiger partial charge < -0.3 is 0 Å². The van der Waals surface area contributed by atoms with Crippen LogP contribution >= 0.6 is 0 Å². The van der Waals surface area contributed by atoms with Gasteiger partial charge >= 0.3 is 0 Å². The highest BCUT2D eigenvalue weighted by atomic mass is 14.1. The molecule has 14 heavy (non-hydrogen) atoms. The smallest absolute Gasteiger partial charge is 0.000581 e. The number of aryl methyl sites for hydroxylation is 1. The van der Waals surface area contributed by atoms with E-state index < -0.39 is 0 Å². The van der Waals surface area contributed by atoms with Crippen molar-refractivity contribution < 1.29 is 0 Å². The van der Waals surface area contributed by atoms with E-state index in [0.717, 1.165) is 6.42 Å². The Labute approximate surface area is 87.7 Å². The van der Waals surface area contributed by atoms with Crippen LogP contribution in [0.2, 0.25) is 0 Å². The summed E-state index contributed by atoms with van der Waals surface area (Å²) in [4.78, 5) is 0. The third kappa shape index (κ3) is 2.25. The van der Waals surface area contributed by atoms with Crippen molar-refractivity contribution in [2.45, 2.75) is 33.6 Å². The van der Waals surface area contributed by atoms with Crippen molar-refractivity contribution in [3.63, 3.8) is 0 Å². The van der Waals surface area contributed by atoms with E-state index in [-0.39, 0.29) is 0 Å². The van der Waals surface area contributed by atoms with Crippen LogP contribution in [0.4, 0.5) is 0 Å². The van der Waals surface area contributed by atoms with Crippen LogP contribution in [0.25, 0.3) is 6.08 Å². The van der Waals surface area contributed by atoms with Crippen molar-refractivity contribution in [2.24, 2.45) is 0 Å². The topological polar surface area (TPSA) is 0 Å². The van der Waals surface area contributed by atoms with Crippen molar-refractivity contribution in [1.82, 2.24) is 0 Å². The van der Waals surface area contributed by atoms with Crippen molar-refractivity contribution in [1.29, 1.82) is 0 Å². The molecule has 0 unspecified atom stereocenters. The van der Waals surface area contributed by atoms with Crippen LogP contribution in [0.15, 0.2) is 24.8 Å². The minimum atomic E-state index is 1.14. The molecular formula is C14H19. The molecule has 0 heteroatoms. The maximum atomic E-state index is 3.90. The minimum absolute atomic E-state index is 1.14. The van der Waals surface area contributed by atoms with Gasteiger partial charge in [0.15, 0.2) is 0 Å². The Balaban J connectivity index is 3.17. The predicted molar refractivity (Wildman–Crippen MR) is 64.2 cm³/mol. The predicted octanol–water partition coefficient (Wildman–Crippen LogP) is 4.24. The second-order valence-corrected chi connectivity index (χ2v) is 3.83. The maximum Gasteiger partial charge on any atom is -0.000581 e. The van der Waals surface area contributed by atoms with Crippen molar-refractivity contribution >= 4 is 6.08 Å². The molecule has 0 spiro atoms. The molecule has 1 radical (unpaired) electrons. The molecule has 0 saturated heterocycles. The third-order valence-electron chi connectivity index (χ3n) is 2.46. The molecule has 0 atom stereocenters. The van der Waals surface area contributed by atoms with Gasteiger partial charge in [0.25, 0.3) is 0 Å². The Morgan fingerprint density at radius 3 is 2.57 bits per heavy atom. The molecule has 1 aromatic rings. The van der Waals surface area contributed by atoms with Gasteiger partial charge in [-0.2, -0.15) is 0 Å². The largest absolute Gasteiger partial charge is 0.0984 e. The fraction of sp³-hybridized carbons (Fsp3) is 0.357. The van der Waals surface area contributed by atoms with Crippen LogP contribution in [0.3, 0.4) is 0 Å². The van der Waals surface area contributed by atoms with Crippen LogP contribution in [0.1, 0.15) is 43.9 Å². The van der Waals surface area contributed by atoms with Crippen LogP contribution < -0.4 is 0 Å². The second kappa shape index (κ2) is 4.99. The molecule has 0 aliphatic rings. The zero-order valence-corrected chi connectivity index (χ0v) is 9.43. The molecule has 0 aliphatic carbocycles. The molecule has 0 bridgehead atoms. The molecule has 0 fully saturated rings.